The summed E-state index contributed by atoms with van der Waals surface area (Å²) in [5.74, 6) is -0.0418. The molecule has 0 radical (unpaired) electrons. The van der Waals surface area contributed by atoms with Gasteiger partial charge in [-0.2, -0.15) is 0 Å². The summed E-state index contributed by atoms with van der Waals surface area (Å²) >= 11 is 1.43. The summed E-state index contributed by atoms with van der Waals surface area (Å²) in [6, 6.07) is 0. The first-order valence-corrected chi connectivity index (χ1v) is 6.33. The maximum Gasteiger partial charge on any atom is 0.263 e. The molecule has 4 nitrogen and oxygen atoms in total. The number of carbonyl (C=O) groups excluding carboxylic acids is 1. The van der Waals surface area contributed by atoms with E-state index >= 15 is 0 Å². The minimum atomic E-state index is -0.163. The first-order chi connectivity index (χ1) is 7.50. The Balaban J connectivity index is 0.00000144. The number of hydrogen-bond acceptors (Lipinski definition) is 4. The van der Waals surface area contributed by atoms with Crippen LogP contribution in [-0.4, -0.2) is 23.0 Å². The van der Waals surface area contributed by atoms with Crippen molar-refractivity contribution in [3.8, 4) is 0 Å². The number of thiazole rings is 1. The van der Waals surface area contributed by atoms with Crippen LogP contribution in [0.4, 0.5) is 0 Å². The van der Waals surface area contributed by atoms with Crippen molar-refractivity contribution in [1.29, 1.82) is 0 Å². The molecule has 1 saturated carbocycles. The third-order valence-electron chi connectivity index (χ3n) is 3.06. The Morgan fingerprint density at radius 2 is 2.06 bits per heavy atom. The van der Waals surface area contributed by atoms with Crippen LogP contribution in [0, 0.1) is 13.8 Å². The molecule has 1 aromatic heterocycles. The zero-order chi connectivity index (χ0) is 11.8. The third kappa shape index (κ3) is 3.82. The highest BCUT2D eigenvalue weighted by molar-refractivity contribution is 7.13. The molecule has 0 saturated heterocycles. The molecule has 7 heteroatoms. The number of nitrogens with zero attached hydrogens (tertiary/aromatic N) is 1. The smallest absolute Gasteiger partial charge is 0.263 e. The van der Waals surface area contributed by atoms with Crippen molar-refractivity contribution in [3.63, 3.8) is 0 Å². The molecule has 0 atom stereocenters. The Labute approximate surface area is 124 Å². The predicted molar refractivity (Wildman–Crippen MR) is 79.2 cm³/mol. The van der Waals surface area contributed by atoms with E-state index in [2.05, 4.69) is 10.3 Å². The first-order valence-electron chi connectivity index (χ1n) is 5.51. The van der Waals surface area contributed by atoms with Gasteiger partial charge in [0.15, 0.2) is 0 Å². The van der Waals surface area contributed by atoms with E-state index < -0.39 is 0 Å². The van der Waals surface area contributed by atoms with Gasteiger partial charge in [0.1, 0.15) is 4.88 Å². The number of carbonyl (C=O) groups is 1. The fraction of sp³-hybridized carbons (Fsp3) is 0.636. The van der Waals surface area contributed by atoms with Crippen molar-refractivity contribution in [3.05, 3.63) is 15.6 Å². The van der Waals surface area contributed by atoms with Gasteiger partial charge in [-0.3, -0.25) is 4.79 Å². The first kappa shape index (κ1) is 17.6. The second kappa shape index (κ2) is 6.70. The van der Waals surface area contributed by atoms with E-state index in [1.54, 1.807) is 0 Å². The molecule has 104 valence electrons. The van der Waals surface area contributed by atoms with E-state index in [-0.39, 0.29) is 36.3 Å². The normalized spacial score (nSPS) is 15.9. The van der Waals surface area contributed by atoms with Crippen LogP contribution in [0.25, 0.3) is 0 Å². The Bertz CT molecular complexity index is 418. The van der Waals surface area contributed by atoms with Crippen LogP contribution >= 0.6 is 36.2 Å². The van der Waals surface area contributed by atoms with Gasteiger partial charge in [-0.05, 0) is 33.1 Å². The summed E-state index contributed by atoms with van der Waals surface area (Å²) in [5, 5.41) is 3.83. The zero-order valence-corrected chi connectivity index (χ0v) is 12.9. The van der Waals surface area contributed by atoms with E-state index in [9.17, 15) is 4.79 Å². The van der Waals surface area contributed by atoms with Gasteiger partial charge in [-0.1, -0.05) is 0 Å². The van der Waals surface area contributed by atoms with Crippen molar-refractivity contribution >= 4 is 42.1 Å². The summed E-state index contributed by atoms with van der Waals surface area (Å²) in [6.07, 6.45) is 3.19. The number of halogens is 2. The van der Waals surface area contributed by atoms with Crippen LogP contribution in [0.2, 0.25) is 0 Å². The maximum absolute atomic E-state index is 11.9. The molecule has 0 bridgehead atoms. The van der Waals surface area contributed by atoms with Crippen molar-refractivity contribution in [1.82, 2.24) is 10.3 Å². The van der Waals surface area contributed by atoms with Gasteiger partial charge in [0, 0.05) is 12.1 Å². The second-order valence-corrected chi connectivity index (χ2v) is 5.75. The van der Waals surface area contributed by atoms with Gasteiger partial charge in [-0.15, -0.1) is 36.2 Å². The van der Waals surface area contributed by atoms with E-state index in [1.807, 2.05) is 13.8 Å². The standard InChI is InChI=1S/C11H17N3OS.2ClH/c1-7-9(16-8(2)14-7)10(15)13-6-11(12)4-3-5-11;;/h3-6,12H2,1-2H3,(H,13,15);2*1H. The lowest BCUT2D eigenvalue weighted by Crippen LogP contribution is -2.54. The number of amides is 1. The lowest BCUT2D eigenvalue weighted by Gasteiger charge is -2.38. The molecule has 0 spiro atoms. The Morgan fingerprint density at radius 1 is 1.44 bits per heavy atom. The van der Waals surface area contributed by atoms with E-state index in [4.69, 9.17) is 5.73 Å². The van der Waals surface area contributed by atoms with Gasteiger partial charge < -0.3 is 11.1 Å². The van der Waals surface area contributed by atoms with Gasteiger partial charge >= 0.3 is 0 Å². The van der Waals surface area contributed by atoms with Crippen LogP contribution in [0.15, 0.2) is 0 Å². The molecular formula is C11H19Cl2N3OS. The average Bonchev–Trinajstić information content (AvgIpc) is 2.51. The highest BCUT2D eigenvalue weighted by Crippen LogP contribution is 2.28. The SMILES string of the molecule is Cc1nc(C)c(C(=O)NCC2(N)CCC2)s1.Cl.Cl. The van der Waals surface area contributed by atoms with Gasteiger partial charge in [-0.25, -0.2) is 4.98 Å². The van der Waals surface area contributed by atoms with Crippen molar-refractivity contribution in [2.24, 2.45) is 5.73 Å². The fourth-order valence-electron chi connectivity index (χ4n) is 1.89. The second-order valence-electron chi connectivity index (χ2n) is 4.55. The quantitative estimate of drug-likeness (QED) is 0.899. The zero-order valence-electron chi connectivity index (χ0n) is 10.5. The van der Waals surface area contributed by atoms with Gasteiger partial charge in [0.25, 0.3) is 5.91 Å². The van der Waals surface area contributed by atoms with Crippen LogP contribution < -0.4 is 11.1 Å². The predicted octanol–water partition coefficient (Wildman–Crippen LogP) is 2.21. The summed E-state index contributed by atoms with van der Waals surface area (Å²) < 4.78 is 0. The largest absolute Gasteiger partial charge is 0.349 e. The molecule has 1 heterocycles. The van der Waals surface area contributed by atoms with E-state index in [1.165, 1.54) is 17.8 Å². The van der Waals surface area contributed by atoms with Crippen LogP contribution in [0.1, 0.15) is 39.6 Å². The van der Waals surface area contributed by atoms with Crippen molar-refractivity contribution < 1.29 is 4.79 Å². The lowest BCUT2D eigenvalue weighted by atomic mass is 9.78. The Kier molecular flexibility index (Phi) is 6.57. The number of hydrogen-bond donors (Lipinski definition) is 2. The minimum Gasteiger partial charge on any atom is -0.349 e. The van der Waals surface area contributed by atoms with E-state index in [0.717, 1.165) is 23.5 Å². The third-order valence-corrected chi connectivity index (χ3v) is 4.13. The summed E-state index contributed by atoms with van der Waals surface area (Å²) in [6.45, 7) is 4.34. The maximum atomic E-state index is 11.9. The van der Waals surface area contributed by atoms with Crippen molar-refractivity contribution in [2.75, 3.05) is 6.54 Å². The number of aromatic nitrogens is 1. The van der Waals surface area contributed by atoms with Crippen LogP contribution in [0.5, 0.6) is 0 Å². The molecule has 2 rings (SSSR count). The highest BCUT2D eigenvalue weighted by atomic mass is 35.5. The molecule has 1 aliphatic rings. The molecular weight excluding hydrogens is 293 g/mol. The van der Waals surface area contributed by atoms with Gasteiger partial charge in [0.05, 0.1) is 10.7 Å². The number of nitrogens with two attached hydrogens (primary N) is 1. The van der Waals surface area contributed by atoms with Crippen LogP contribution in [-0.2, 0) is 0 Å². The lowest BCUT2D eigenvalue weighted by molar-refractivity contribution is 0.0933. The fourth-order valence-corrected chi connectivity index (χ4v) is 2.72. The topological polar surface area (TPSA) is 68.0 Å². The molecule has 1 amide bonds. The monoisotopic (exact) mass is 311 g/mol. The summed E-state index contributed by atoms with van der Waals surface area (Å²) in [5.41, 5.74) is 6.69. The summed E-state index contributed by atoms with van der Waals surface area (Å²) in [7, 11) is 0. The van der Waals surface area contributed by atoms with E-state index in [0.29, 0.717) is 11.4 Å². The average molecular weight is 312 g/mol. The van der Waals surface area contributed by atoms with Gasteiger partial charge in [0.2, 0.25) is 0 Å². The van der Waals surface area contributed by atoms with Crippen LogP contribution in [0.3, 0.4) is 0 Å². The molecule has 0 aliphatic heterocycles. The summed E-state index contributed by atoms with van der Waals surface area (Å²) in [4.78, 5) is 16.8. The molecule has 0 aromatic carbocycles. The molecule has 1 aliphatic carbocycles. The molecule has 0 unspecified atom stereocenters. The molecule has 1 fully saturated rings. The Hall–Kier alpha value is -0.360. The number of nitrogens with one attached hydrogen (secondary N) is 1. The molecule has 1 aromatic rings. The number of rotatable bonds is 3. The number of aryl methyl sites for hydroxylation is 2. The Morgan fingerprint density at radius 3 is 2.44 bits per heavy atom. The molecule has 18 heavy (non-hydrogen) atoms. The minimum absolute atomic E-state index is 0. The van der Waals surface area contributed by atoms with Crippen molar-refractivity contribution in [2.45, 2.75) is 38.6 Å². The highest BCUT2D eigenvalue weighted by Gasteiger charge is 2.32. The molecule has 3 N–H and O–H groups in total.